The maximum absolute atomic E-state index is 10.5. The van der Waals surface area contributed by atoms with Gasteiger partial charge in [0.1, 0.15) is 11.6 Å². The molecule has 0 bridgehead atoms. The molecule has 1 aromatic heterocycles. The monoisotopic (exact) mass is 485 g/mol. The number of nitriles is 1. The van der Waals surface area contributed by atoms with Crippen LogP contribution in [0.4, 0.5) is 0 Å². The first kappa shape index (κ1) is 24.2. The predicted octanol–water partition coefficient (Wildman–Crippen LogP) is 5.85. The van der Waals surface area contributed by atoms with Crippen LogP contribution in [0.25, 0.3) is 0 Å². The van der Waals surface area contributed by atoms with Gasteiger partial charge in [-0.2, -0.15) is 5.26 Å². The van der Waals surface area contributed by atoms with Crippen molar-refractivity contribution in [3.63, 3.8) is 0 Å². The minimum absolute atomic E-state index is 0.125. The third-order valence-electron chi connectivity index (χ3n) is 6.55. The minimum atomic E-state index is -0.785. The number of aliphatic hydroxyl groups is 1. The second-order valence-corrected chi connectivity index (χ2v) is 8.85. The Labute approximate surface area is 216 Å². The molecule has 5 rings (SSSR count). The number of hydrogen-bond donors (Lipinski definition) is 1. The Bertz CT molecular complexity index is 1360. The molecule has 1 atom stereocenters. The van der Waals surface area contributed by atoms with Crippen molar-refractivity contribution in [1.29, 1.82) is 5.26 Å². The van der Waals surface area contributed by atoms with Crippen LogP contribution in [-0.2, 0) is 16.9 Å². The molecule has 1 unspecified atom stereocenters. The molecule has 5 aromatic rings. The number of ether oxygens (including phenoxy) is 1. The van der Waals surface area contributed by atoms with Crippen molar-refractivity contribution >= 4 is 0 Å². The Balaban J connectivity index is 1.45. The fourth-order valence-electron chi connectivity index (χ4n) is 4.76. The third-order valence-corrected chi connectivity index (χ3v) is 6.55. The van der Waals surface area contributed by atoms with Crippen molar-refractivity contribution in [1.82, 2.24) is 9.55 Å². The summed E-state index contributed by atoms with van der Waals surface area (Å²) in [4.78, 5) is 4.67. The molecule has 182 valence electrons. The highest BCUT2D eigenvalue weighted by molar-refractivity contribution is 5.50. The first-order valence-electron chi connectivity index (χ1n) is 12.2. The zero-order chi connectivity index (χ0) is 25.5. The van der Waals surface area contributed by atoms with Crippen LogP contribution in [0.5, 0.6) is 0 Å². The summed E-state index contributed by atoms with van der Waals surface area (Å²) < 4.78 is 7.99. The molecule has 0 aliphatic rings. The van der Waals surface area contributed by atoms with Crippen LogP contribution in [0.15, 0.2) is 128 Å². The van der Waals surface area contributed by atoms with Gasteiger partial charge in [-0.25, -0.2) is 4.98 Å². The summed E-state index contributed by atoms with van der Waals surface area (Å²) in [5.74, 6) is 0. The predicted molar refractivity (Wildman–Crippen MR) is 143 cm³/mol. The molecule has 0 aliphatic heterocycles. The summed E-state index contributed by atoms with van der Waals surface area (Å²) in [6, 6.07) is 40.2. The number of aromatic nitrogens is 2. The largest absolute Gasteiger partial charge is 0.386 e. The Morgan fingerprint density at radius 1 is 0.784 bits per heavy atom. The van der Waals surface area contributed by atoms with E-state index in [1.165, 1.54) is 0 Å². The summed E-state index contributed by atoms with van der Waals surface area (Å²) in [6.45, 7) is 0.384. The van der Waals surface area contributed by atoms with Gasteiger partial charge < -0.3 is 14.4 Å². The Kier molecular flexibility index (Phi) is 7.23. The second kappa shape index (κ2) is 11.0. The van der Waals surface area contributed by atoms with Crippen LogP contribution in [0.3, 0.4) is 0 Å². The molecule has 0 amide bonds. The summed E-state index contributed by atoms with van der Waals surface area (Å²) in [7, 11) is 0. The molecular formula is C32H27N3O2. The van der Waals surface area contributed by atoms with E-state index >= 15 is 0 Å². The normalized spacial score (nSPS) is 12.1. The molecule has 0 radical (unpaired) electrons. The van der Waals surface area contributed by atoms with Crippen LogP contribution in [-0.4, -0.2) is 21.3 Å². The second-order valence-electron chi connectivity index (χ2n) is 8.85. The lowest BCUT2D eigenvalue weighted by molar-refractivity contribution is 0.0266. The van der Waals surface area contributed by atoms with Crippen molar-refractivity contribution < 1.29 is 9.84 Å². The zero-order valence-corrected chi connectivity index (χ0v) is 20.3. The SMILES string of the molecule is N#Cc1ccc(C(O)COCc2cn(C(c3ccccc3)(c3ccccc3)c3ccccc3)cn2)cc1. The third kappa shape index (κ3) is 4.94. The van der Waals surface area contributed by atoms with E-state index in [9.17, 15) is 5.11 Å². The molecule has 1 heterocycles. The van der Waals surface area contributed by atoms with Gasteiger partial charge in [0.25, 0.3) is 0 Å². The molecule has 1 N–H and O–H groups in total. The van der Waals surface area contributed by atoms with Crippen molar-refractivity contribution in [3.05, 3.63) is 161 Å². The summed E-state index contributed by atoms with van der Waals surface area (Å²) in [5, 5.41) is 19.5. The molecule has 0 fully saturated rings. The number of hydrogen-bond acceptors (Lipinski definition) is 4. The van der Waals surface area contributed by atoms with E-state index in [0.717, 1.165) is 22.4 Å². The molecule has 0 spiro atoms. The quantitative estimate of drug-likeness (QED) is 0.266. The maximum atomic E-state index is 10.5. The first-order valence-corrected chi connectivity index (χ1v) is 12.2. The van der Waals surface area contributed by atoms with Crippen LogP contribution >= 0.6 is 0 Å². The molecule has 0 saturated carbocycles. The molecule has 0 saturated heterocycles. The van der Waals surface area contributed by atoms with E-state index in [4.69, 9.17) is 10.00 Å². The molecule has 5 heteroatoms. The molecular weight excluding hydrogens is 458 g/mol. The number of nitrogens with zero attached hydrogens (tertiary/aromatic N) is 3. The van der Waals surface area contributed by atoms with E-state index in [2.05, 4.69) is 88.4 Å². The van der Waals surface area contributed by atoms with Crippen molar-refractivity contribution in [2.75, 3.05) is 6.61 Å². The number of imidazole rings is 1. The van der Waals surface area contributed by atoms with Gasteiger partial charge in [-0.05, 0) is 34.4 Å². The number of rotatable bonds is 9. The van der Waals surface area contributed by atoms with Crippen LogP contribution in [0, 0.1) is 11.3 Å². The van der Waals surface area contributed by atoms with Gasteiger partial charge in [0.2, 0.25) is 0 Å². The van der Waals surface area contributed by atoms with E-state index in [0.29, 0.717) is 11.1 Å². The van der Waals surface area contributed by atoms with Crippen molar-refractivity contribution in [3.8, 4) is 6.07 Å². The zero-order valence-electron chi connectivity index (χ0n) is 20.3. The highest BCUT2D eigenvalue weighted by atomic mass is 16.5. The Hall–Kier alpha value is -4.50. The lowest BCUT2D eigenvalue weighted by Gasteiger charge is -2.37. The van der Waals surface area contributed by atoms with Crippen molar-refractivity contribution in [2.24, 2.45) is 0 Å². The highest BCUT2D eigenvalue weighted by Gasteiger charge is 2.38. The van der Waals surface area contributed by atoms with E-state index < -0.39 is 11.6 Å². The summed E-state index contributed by atoms with van der Waals surface area (Å²) in [6.07, 6.45) is 3.08. The first-order chi connectivity index (χ1) is 18.2. The lowest BCUT2D eigenvalue weighted by atomic mass is 9.77. The van der Waals surface area contributed by atoms with Gasteiger partial charge in [-0.15, -0.1) is 0 Å². The van der Waals surface area contributed by atoms with E-state index in [-0.39, 0.29) is 13.2 Å². The summed E-state index contributed by atoms with van der Waals surface area (Å²) in [5.41, 5.74) is 4.76. The number of benzene rings is 4. The summed E-state index contributed by atoms with van der Waals surface area (Å²) >= 11 is 0. The lowest BCUT2D eigenvalue weighted by Crippen LogP contribution is -2.36. The fraction of sp³-hybridized carbons (Fsp3) is 0.125. The van der Waals surface area contributed by atoms with E-state index in [1.807, 2.05) is 30.7 Å². The highest BCUT2D eigenvalue weighted by Crippen LogP contribution is 2.40. The van der Waals surface area contributed by atoms with E-state index in [1.54, 1.807) is 24.3 Å². The number of aliphatic hydroxyl groups excluding tert-OH is 1. The average Bonchev–Trinajstić information content (AvgIpc) is 3.44. The fourth-order valence-corrected chi connectivity index (χ4v) is 4.76. The Morgan fingerprint density at radius 3 is 1.78 bits per heavy atom. The standard InChI is InChI=1S/C32H27N3O2/c33-20-25-16-18-26(19-17-25)31(36)23-37-22-30-21-35(24-34-30)32(27-10-4-1-5-11-27,28-12-6-2-7-13-28)29-14-8-3-9-15-29/h1-19,21,24,31,36H,22-23H2. The van der Waals surface area contributed by atoms with Crippen molar-refractivity contribution in [2.45, 2.75) is 18.2 Å². The van der Waals surface area contributed by atoms with Gasteiger partial charge in [-0.1, -0.05) is 103 Å². The molecule has 4 aromatic carbocycles. The van der Waals surface area contributed by atoms with Gasteiger partial charge in [0.15, 0.2) is 0 Å². The van der Waals surface area contributed by atoms with Crippen LogP contribution in [0.1, 0.15) is 39.6 Å². The van der Waals surface area contributed by atoms with Crippen LogP contribution < -0.4 is 0 Å². The molecule has 5 nitrogen and oxygen atoms in total. The van der Waals surface area contributed by atoms with Crippen LogP contribution in [0.2, 0.25) is 0 Å². The molecule has 37 heavy (non-hydrogen) atoms. The maximum Gasteiger partial charge on any atom is 0.121 e. The van der Waals surface area contributed by atoms with Gasteiger partial charge in [-0.3, -0.25) is 0 Å². The Morgan fingerprint density at radius 2 is 1.30 bits per heavy atom. The average molecular weight is 486 g/mol. The topological polar surface area (TPSA) is 71.1 Å². The van der Waals surface area contributed by atoms with Gasteiger partial charge >= 0.3 is 0 Å². The smallest absolute Gasteiger partial charge is 0.121 e. The van der Waals surface area contributed by atoms with Gasteiger partial charge in [0.05, 0.1) is 36.9 Å². The molecule has 0 aliphatic carbocycles. The minimum Gasteiger partial charge on any atom is -0.386 e. The van der Waals surface area contributed by atoms with Gasteiger partial charge in [0, 0.05) is 6.20 Å².